The summed E-state index contributed by atoms with van der Waals surface area (Å²) >= 11 is 0. The maximum Gasteiger partial charge on any atom is 0.267 e. The normalized spacial score (nSPS) is 20.9. The maximum atomic E-state index is 5.98. The summed E-state index contributed by atoms with van der Waals surface area (Å²) in [7, 11) is 0. The van der Waals surface area contributed by atoms with Crippen molar-refractivity contribution in [2.24, 2.45) is 0 Å². The van der Waals surface area contributed by atoms with E-state index >= 15 is 0 Å². The fourth-order valence-corrected chi connectivity index (χ4v) is 4.11. The van der Waals surface area contributed by atoms with Gasteiger partial charge < -0.3 is 9.15 Å². The molecule has 144 valence electrons. The second-order valence-electron chi connectivity index (χ2n) is 8.24. The summed E-state index contributed by atoms with van der Waals surface area (Å²) in [4.78, 5) is 10.7. The standard InChI is InChI=1S/C21H23N5O2/c1-21(2)10-16-9-14(3-4-18(16)28-21)12-26-8-5-15(13-26)19-24-25-20(27-19)17-11-22-6-7-23-17/h3-4,6-7,9,11,15H,5,8,10,12-13H2,1-2H3/t15-/m1/s1. The van der Waals surface area contributed by atoms with Gasteiger partial charge in [-0.1, -0.05) is 12.1 Å². The number of hydrogen-bond donors (Lipinski definition) is 0. The molecule has 0 radical (unpaired) electrons. The van der Waals surface area contributed by atoms with Crippen molar-refractivity contribution in [1.82, 2.24) is 25.1 Å². The van der Waals surface area contributed by atoms with Crippen LogP contribution in [0.2, 0.25) is 0 Å². The van der Waals surface area contributed by atoms with E-state index in [-0.39, 0.29) is 11.5 Å². The highest BCUT2D eigenvalue weighted by atomic mass is 16.5. The molecule has 1 aromatic carbocycles. The van der Waals surface area contributed by atoms with Gasteiger partial charge in [0.15, 0.2) is 0 Å². The van der Waals surface area contributed by atoms with Gasteiger partial charge in [0.05, 0.1) is 12.1 Å². The largest absolute Gasteiger partial charge is 0.487 e. The lowest BCUT2D eigenvalue weighted by Crippen LogP contribution is -2.24. The molecule has 1 fully saturated rings. The highest BCUT2D eigenvalue weighted by Crippen LogP contribution is 2.36. The molecule has 4 heterocycles. The number of hydrogen-bond acceptors (Lipinski definition) is 7. The van der Waals surface area contributed by atoms with Crippen LogP contribution in [-0.2, 0) is 13.0 Å². The van der Waals surface area contributed by atoms with Gasteiger partial charge in [0.1, 0.15) is 17.0 Å². The van der Waals surface area contributed by atoms with Crippen molar-refractivity contribution in [3.8, 4) is 17.3 Å². The maximum absolute atomic E-state index is 5.98. The van der Waals surface area contributed by atoms with Crippen LogP contribution >= 0.6 is 0 Å². The zero-order chi connectivity index (χ0) is 19.1. The highest BCUT2D eigenvalue weighted by molar-refractivity contribution is 5.43. The van der Waals surface area contributed by atoms with Crippen LogP contribution in [-0.4, -0.2) is 43.8 Å². The smallest absolute Gasteiger partial charge is 0.267 e. The van der Waals surface area contributed by atoms with Gasteiger partial charge in [0.25, 0.3) is 5.89 Å². The molecule has 3 aromatic rings. The predicted octanol–water partition coefficient (Wildman–Crippen LogP) is 3.23. The van der Waals surface area contributed by atoms with Crippen LogP contribution in [0.1, 0.15) is 43.2 Å². The summed E-state index contributed by atoms with van der Waals surface area (Å²) < 4.78 is 11.8. The number of rotatable bonds is 4. The lowest BCUT2D eigenvalue weighted by molar-refractivity contribution is 0.138. The molecule has 2 aromatic heterocycles. The first-order chi connectivity index (χ1) is 13.6. The van der Waals surface area contributed by atoms with Crippen LogP contribution in [0.3, 0.4) is 0 Å². The first kappa shape index (κ1) is 17.3. The molecule has 2 aliphatic rings. The Kier molecular flexibility index (Phi) is 4.12. The minimum atomic E-state index is -0.0987. The molecule has 0 bridgehead atoms. The Morgan fingerprint density at radius 2 is 2.14 bits per heavy atom. The number of benzene rings is 1. The molecule has 1 saturated heterocycles. The van der Waals surface area contributed by atoms with Gasteiger partial charge in [-0.25, -0.2) is 4.98 Å². The molecule has 0 saturated carbocycles. The van der Waals surface area contributed by atoms with Crippen molar-refractivity contribution in [3.05, 3.63) is 53.8 Å². The lowest BCUT2D eigenvalue weighted by atomic mass is 10.00. The van der Waals surface area contributed by atoms with E-state index in [9.17, 15) is 0 Å². The van der Waals surface area contributed by atoms with Gasteiger partial charge >= 0.3 is 0 Å². The molecular weight excluding hydrogens is 354 g/mol. The molecule has 0 unspecified atom stereocenters. The van der Waals surface area contributed by atoms with E-state index < -0.39 is 0 Å². The summed E-state index contributed by atoms with van der Waals surface area (Å²) in [6, 6.07) is 6.57. The monoisotopic (exact) mass is 377 g/mol. The second-order valence-corrected chi connectivity index (χ2v) is 8.24. The molecule has 7 nitrogen and oxygen atoms in total. The van der Waals surface area contributed by atoms with Gasteiger partial charge in [0, 0.05) is 31.9 Å². The van der Waals surface area contributed by atoms with Crippen LogP contribution in [0.4, 0.5) is 0 Å². The van der Waals surface area contributed by atoms with Gasteiger partial charge in [-0.05, 0) is 44.0 Å². The molecule has 0 N–H and O–H groups in total. The summed E-state index contributed by atoms with van der Waals surface area (Å²) in [5.41, 5.74) is 3.15. The summed E-state index contributed by atoms with van der Waals surface area (Å²) in [5, 5.41) is 8.39. The average Bonchev–Trinajstić information content (AvgIpc) is 3.39. The lowest BCUT2D eigenvalue weighted by Gasteiger charge is -2.16. The highest BCUT2D eigenvalue weighted by Gasteiger charge is 2.31. The quantitative estimate of drug-likeness (QED) is 0.691. The van der Waals surface area contributed by atoms with E-state index in [0.29, 0.717) is 17.5 Å². The Morgan fingerprint density at radius 1 is 1.21 bits per heavy atom. The zero-order valence-electron chi connectivity index (χ0n) is 16.1. The molecule has 0 aliphatic carbocycles. The van der Waals surface area contributed by atoms with Crippen LogP contribution in [0, 0.1) is 0 Å². The van der Waals surface area contributed by atoms with Crippen molar-refractivity contribution in [2.75, 3.05) is 13.1 Å². The Labute approximate surface area is 163 Å². The Balaban J connectivity index is 1.24. The fourth-order valence-electron chi connectivity index (χ4n) is 4.11. The van der Waals surface area contributed by atoms with Crippen molar-refractivity contribution >= 4 is 0 Å². The van der Waals surface area contributed by atoms with E-state index in [0.717, 1.165) is 38.2 Å². The third-order valence-corrected chi connectivity index (χ3v) is 5.38. The van der Waals surface area contributed by atoms with Crippen LogP contribution in [0.25, 0.3) is 11.6 Å². The molecule has 0 spiro atoms. The van der Waals surface area contributed by atoms with Crippen molar-refractivity contribution in [2.45, 2.75) is 44.8 Å². The second kappa shape index (κ2) is 6.67. The van der Waals surface area contributed by atoms with Crippen LogP contribution < -0.4 is 4.74 Å². The van der Waals surface area contributed by atoms with E-state index in [4.69, 9.17) is 9.15 Å². The first-order valence-electron chi connectivity index (χ1n) is 9.69. The number of aromatic nitrogens is 4. The van der Waals surface area contributed by atoms with Crippen LogP contribution in [0.15, 0.2) is 41.2 Å². The first-order valence-corrected chi connectivity index (χ1v) is 9.69. The molecule has 2 aliphatic heterocycles. The molecule has 5 rings (SSSR count). The SMILES string of the molecule is CC1(C)Cc2cc(CN3CC[C@@H](c4nnc(-c5cnccn5)o4)C3)ccc2O1. The van der Waals surface area contributed by atoms with Crippen molar-refractivity contribution in [1.29, 1.82) is 0 Å². The Bertz CT molecular complexity index is 985. The van der Waals surface area contributed by atoms with Crippen molar-refractivity contribution in [3.63, 3.8) is 0 Å². The topological polar surface area (TPSA) is 77.2 Å². The Morgan fingerprint density at radius 3 is 3.00 bits per heavy atom. The van der Waals surface area contributed by atoms with E-state index in [1.54, 1.807) is 18.6 Å². The third kappa shape index (κ3) is 3.38. The molecule has 0 amide bonds. The Hall–Kier alpha value is -2.80. The predicted molar refractivity (Wildman–Crippen MR) is 103 cm³/mol. The van der Waals surface area contributed by atoms with E-state index in [1.165, 1.54) is 11.1 Å². The van der Waals surface area contributed by atoms with E-state index in [1.807, 2.05) is 0 Å². The number of fused-ring (bicyclic) bond motifs is 1. The minimum Gasteiger partial charge on any atom is -0.487 e. The fraction of sp³-hybridized carbons (Fsp3) is 0.429. The van der Waals surface area contributed by atoms with Crippen molar-refractivity contribution < 1.29 is 9.15 Å². The average molecular weight is 377 g/mol. The summed E-state index contributed by atoms with van der Waals surface area (Å²) in [5.74, 6) is 2.40. The number of ether oxygens (including phenoxy) is 1. The van der Waals surface area contributed by atoms with Gasteiger partial charge in [-0.15, -0.1) is 10.2 Å². The third-order valence-electron chi connectivity index (χ3n) is 5.38. The van der Waals surface area contributed by atoms with Gasteiger partial charge in [-0.3, -0.25) is 9.88 Å². The number of nitrogens with zero attached hydrogens (tertiary/aromatic N) is 5. The summed E-state index contributed by atoms with van der Waals surface area (Å²) in [6.45, 7) is 7.14. The number of likely N-dealkylation sites (tertiary alicyclic amines) is 1. The van der Waals surface area contributed by atoms with Gasteiger partial charge in [-0.2, -0.15) is 0 Å². The van der Waals surface area contributed by atoms with Gasteiger partial charge in [0.2, 0.25) is 5.89 Å². The minimum absolute atomic E-state index is 0.0987. The molecule has 1 atom stereocenters. The molecule has 7 heteroatoms. The molecular formula is C21H23N5O2. The van der Waals surface area contributed by atoms with Crippen LogP contribution in [0.5, 0.6) is 5.75 Å². The summed E-state index contributed by atoms with van der Waals surface area (Å²) in [6.07, 6.45) is 6.87. The zero-order valence-corrected chi connectivity index (χ0v) is 16.1. The van der Waals surface area contributed by atoms with E-state index in [2.05, 4.69) is 57.1 Å². The molecule has 28 heavy (non-hydrogen) atoms.